The highest BCUT2D eigenvalue weighted by molar-refractivity contribution is 5.12. The van der Waals surface area contributed by atoms with Crippen molar-refractivity contribution in [3.63, 3.8) is 0 Å². The Morgan fingerprint density at radius 2 is 2.12 bits per heavy atom. The van der Waals surface area contributed by atoms with Crippen LogP contribution in [-0.2, 0) is 6.42 Å². The van der Waals surface area contributed by atoms with Crippen LogP contribution in [0.4, 0.5) is 0 Å². The Labute approximate surface area is 104 Å². The molecule has 2 heteroatoms. The lowest BCUT2D eigenvalue weighted by molar-refractivity contribution is 0.255. The Bertz CT molecular complexity index is 362. The third-order valence-electron chi connectivity index (χ3n) is 4.89. The molecule has 2 bridgehead atoms. The van der Waals surface area contributed by atoms with E-state index in [-0.39, 0.29) is 0 Å². The largest absolute Gasteiger partial charge is 0.316 e. The average molecular weight is 230 g/mol. The number of nitrogens with one attached hydrogen (secondary N) is 1. The van der Waals surface area contributed by atoms with E-state index in [4.69, 9.17) is 0 Å². The Balaban J connectivity index is 1.68. The number of pyridine rings is 1. The summed E-state index contributed by atoms with van der Waals surface area (Å²) in [5, 5.41) is 3.56. The molecule has 1 aromatic rings. The first-order chi connectivity index (χ1) is 8.36. The fourth-order valence-electron chi connectivity index (χ4n) is 4.03. The Morgan fingerprint density at radius 1 is 1.29 bits per heavy atom. The molecule has 0 saturated heterocycles. The van der Waals surface area contributed by atoms with Crippen molar-refractivity contribution >= 4 is 0 Å². The van der Waals surface area contributed by atoms with Gasteiger partial charge in [0, 0.05) is 18.4 Å². The van der Waals surface area contributed by atoms with Crippen molar-refractivity contribution in [2.24, 2.45) is 17.8 Å². The Hall–Kier alpha value is -0.890. The molecule has 0 spiro atoms. The van der Waals surface area contributed by atoms with E-state index in [0.717, 1.165) is 24.2 Å². The predicted octanol–water partition coefficient (Wildman–Crippen LogP) is 2.65. The van der Waals surface area contributed by atoms with Gasteiger partial charge in [0.25, 0.3) is 0 Å². The predicted molar refractivity (Wildman–Crippen MR) is 69.7 cm³/mol. The summed E-state index contributed by atoms with van der Waals surface area (Å²) in [6.07, 6.45) is 10.9. The summed E-state index contributed by atoms with van der Waals surface area (Å²) < 4.78 is 0. The SMILES string of the molecule is CNC(Cc1ccncc1)C1CC2CCC1C2. The van der Waals surface area contributed by atoms with Crippen LogP contribution in [0.25, 0.3) is 0 Å². The van der Waals surface area contributed by atoms with Gasteiger partial charge in [-0.05, 0) is 68.2 Å². The molecule has 4 atom stereocenters. The fraction of sp³-hybridized carbons (Fsp3) is 0.667. The fourth-order valence-corrected chi connectivity index (χ4v) is 4.03. The normalized spacial score (nSPS) is 32.9. The monoisotopic (exact) mass is 230 g/mol. The van der Waals surface area contributed by atoms with Gasteiger partial charge < -0.3 is 5.32 Å². The van der Waals surface area contributed by atoms with E-state index < -0.39 is 0 Å². The first-order valence-corrected chi connectivity index (χ1v) is 6.93. The molecule has 0 radical (unpaired) electrons. The molecule has 2 fully saturated rings. The van der Waals surface area contributed by atoms with Crippen LogP contribution in [0.15, 0.2) is 24.5 Å². The number of fused-ring (bicyclic) bond motifs is 2. The highest BCUT2D eigenvalue weighted by atomic mass is 14.9. The van der Waals surface area contributed by atoms with Gasteiger partial charge >= 0.3 is 0 Å². The number of aromatic nitrogens is 1. The Morgan fingerprint density at radius 3 is 2.71 bits per heavy atom. The van der Waals surface area contributed by atoms with Crippen molar-refractivity contribution in [3.8, 4) is 0 Å². The highest BCUT2D eigenvalue weighted by Crippen LogP contribution is 2.49. The molecule has 0 aromatic carbocycles. The van der Waals surface area contributed by atoms with Gasteiger partial charge in [0.15, 0.2) is 0 Å². The molecule has 17 heavy (non-hydrogen) atoms. The first-order valence-electron chi connectivity index (χ1n) is 6.93. The van der Waals surface area contributed by atoms with E-state index in [1.54, 1.807) is 0 Å². The van der Waals surface area contributed by atoms with Crippen molar-refractivity contribution in [1.29, 1.82) is 0 Å². The van der Waals surface area contributed by atoms with Crippen molar-refractivity contribution in [2.45, 2.75) is 38.1 Å². The quantitative estimate of drug-likeness (QED) is 0.860. The molecule has 0 amide bonds. The molecule has 92 valence electrons. The average Bonchev–Trinajstić information content (AvgIpc) is 2.99. The Kier molecular flexibility index (Phi) is 3.15. The van der Waals surface area contributed by atoms with Gasteiger partial charge in [0.2, 0.25) is 0 Å². The van der Waals surface area contributed by atoms with Crippen LogP contribution < -0.4 is 5.32 Å². The summed E-state index contributed by atoms with van der Waals surface area (Å²) >= 11 is 0. The first kappa shape index (κ1) is 11.2. The zero-order chi connectivity index (χ0) is 11.7. The number of rotatable bonds is 4. The zero-order valence-electron chi connectivity index (χ0n) is 10.6. The summed E-state index contributed by atoms with van der Waals surface area (Å²) in [7, 11) is 2.12. The van der Waals surface area contributed by atoms with Crippen molar-refractivity contribution in [3.05, 3.63) is 30.1 Å². The maximum Gasteiger partial charge on any atom is 0.0270 e. The van der Waals surface area contributed by atoms with E-state index in [2.05, 4.69) is 29.5 Å². The number of nitrogens with zero attached hydrogens (tertiary/aromatic N) is 1. The molecule has 2 aliphatic carbocycles. The van der Waals surface area contributed by atoms with Gasteiger partial charge in [0.1, 0.15) is 0 Å². The van der Waals surface area contributed by atoms with Crippen LogP contribution in [0.5, 0.6) is 0 Å². The van der Waals surface area contributed by atoms with Crippen LogP contribution in [0.3, 0.4) is 0 Å². The molecule has 1 aromatic heterocycles. The summed E-state index contributed by atoms with van der Waals surface area (Å²) in [5.74, 6) is 2.95. The summed E-state index contributed by atoms with van der Waals surface area (Å²) in [6, 6.07) is 4.96. The summed E-state index contributed by atoms with van der Waals surface area (Å²) in [5.41, 5.74) is 1.42. The number of likely N-dealkylation sites (N-methyl/N-ethyl adjacent to an activating group) is 1. The minimum absolute atomic E-state index is 0.660. The van der Waals surface area contributed by atoms with Crippen LogP contribution in [0.2, 0.25) is 0 Å². The molecular weight excluding hydrogens is 208 g/mol. The molecule has 2 nitrogen and oxygen atoms in total. The van der Waals surface area contributed by atoms with E-state index in [1.165, 1.54) is 31.2 Å². The molecule has 0 aliphatic heterocycles. The second-order valence-electron chi connectivity index (χ2n) is 5.79. The van der Waals surface area contributed by atoms with E-state index in [0.29, 0.717) is 6.04 Å². The van der Waals surface area contributed by atoms with Crippen LogP contribution in [-0.4, -0.2) is 18.1 Å². The van der Waals surface area contributed by atoms with Gasteiger partial charge in [-0.15, -0.1) is 0 Å². The third-order valence-corrected chi connectivity index (χ3v) is 4.89. The van der Waals surface area contributed by atoms with E-state index >= 15 is 0 Å². The highest BCUT2D eigenvalue weighted by Gasteiger charge is 2.42. The van der Waals surface area contributed by atoms with Crippen molar-refractivity contribution in [1.82, 2.24) is 10.3 Å². The van der Waals surface area contributed by atoms with Gasteiger partial charge in [-0.2, -0.15) is 0 Å². The smallest absolute Gasteiger partial charge is 0.0270 e. The minimum Gasteiger partial charge on any atom is -0.316 e. The second-order valence-corrected chi connectivity index (χ2v) is 5.79. The van der Waals surface area contributed by atoms with Crippen molar-refractivity contribution in [2.75, 3.05) is 7.05 Å². The van der Waals surface area contributed by atoms with Gasteiger partial charge in [-0.25, -0.2) is 0 Å². The van der Waals surface area contributed by atoms with Crippen LogP contribution in [0, 0.1) is 17.8 Å². The molecule has 3 rings (SSSR count). The molecule has 2 saturated carbocycles. The minimum atomic E-state index is 0.660. The van der Waals surface area contributed by atoms with Crippen molar-refractivity contribution < 1.29 is 0 Å². The lowest BCUT2D eigenvalue weighted by atomic mass is 9.81. The van der Waals surface area contributed by atoms with E-state index in [1.807, 2.05) is 12.4 Å². The van der Waals surface area contributed by atoms with Gasteiger partial charge in [0.05, 0.1) is 0 Å². The number of hydrogen-bond donors (Lipinski definition) is 1. The number of hydrogen-bond acceptors (Lipinski definition) is 2. The maximum absolute atomic E-state index is 4.09. The second kappa shape index (κ2) is 4.77. The van der Waals surface area contributed by atoms with Gasteiger partial charge in [-0.3, -0.25) is 4.98 Å². The lowest BCUT2D eigenvalue weighted by Crippen LogP contribution is -2.38. The molecular formula is C15H22N2. The van der Waals surface area contributed by atoms with Crippen LogP contribution >= 0.6 is 0 Å². The topological polar surface area (TPSA) is 24.9 Å². The third kappa shape index (κ3) is 2.23. The zero-order valence-corrected chi connectivity index (χ0v) is 10.6. The molecule has 2 aliphatic rings. The van der Waals surface area contributed by atoms with Gasteiger partial charge in [-0.1, -0.05) is 6.42 Å². The summed E-state index contributed by atoms with van der Waals surface area (Å²) in [6.45, 7) is 0. The lowest BCUT2D eigenvalue weighted by Gasteiger charge is -2.30. The molecule has 1 N–H and O–H groups in total. The van der Waals surface area contributed by atoms with E-state index in [9.17, 15) is 0 Å². The molecule has 1 heterocycles. The van der Waals surface area contributed by atoms with Crippen LogP contribution in [0.1, 0.15) is 31.2 Å². The summed E-state index contributed by atoms with van der Waals surface area (Å²) in [4.78, 5) is 4.09. The maximum atomic E-state index is 4.09. The molecule has 4 unspecified atom stereocenters. The standard InChI is InChI=1S/C15H22N2/c1-16-15(10-11-4-6-17-7-5-11)14-9-12-2-3-13(14)8-12/h4-7,12-16H,2-3,8-10H2,1H3.